The third kappa shape index (κ3) is 2.74. The van der Waals surface area contributed by atoms with E-state index in [9.17, 15) is 0 Å². The average Bonchev–Trinajstić information content (AvgIpc) is 3.13. The summed E-state index contributed by atoms with van der Waals surface area (Å²) in [5.74, 6) is 1.68. The lowest BCUT2D eigenvalue weighted by Crippen LogP contribution is -2.21. The van der Waals surface area contributed by atoms with Crippen LogP contribution in [0.5, 0.6) is 0 Å². The molecule has 1 unspecified atom stereocenters. The SMILES string of the molecule is c1ccc(C(NCc2cnco2)c2ccco2)cc1. The Bertz CT molecular complexity index is 588. The summed E-state index contributed by atoms with van der Waals surface area (Å²) < 4.78 is 10.7. The molecule has 2 aromatic heterocycles. The zero-order valence-corrected chi connectivity index (χ0v) is 10.3. The molecule has 0 amide bonds. The number of rotatable bonds is 5. The van der Waals surface area contributed by atoms with Crippen molar-refractivity contribution < 1.29 is 8.83 Å². The maximum absolute atomic E-state index is 5.51. The summed E-state index contributed by atoms with van der Waals surface area (Å²) in [6, 6.07) is 14.0. The summed E-state index contributed by atoms with van der Waals surface area (Å²) in [5, 5.41) is 3.41. The minimum Gasteiger partial charge on any atom is -0.467 e. The highest BCUT2D eigenvalue weighted by atomic mass is 16.3. The molecule has 0 aliphatic heterocycles. The van der Waals surface area contributed by atoms with Gasteiger partial charge in [-0.1, -0.05) is 30.3 Å². The molecule has 1 atom stereocenters. The van der Waals surface area contributed by atoms with Crippen LogP contribution < -0.4 is 5.32 Å². The number of benzene rings is 1. The zero-order valence-electron chi connectivity index (χ0n) is 10.3. The first-order valence-corrected chi connectivity index (χ1v) is 6.12. The predicted molar refractivity (Wildman–Crippen MR) is 70.3 cm³/mol. The van der Waals surface area contributed by atoms with Crippen LogP contribution in [0.4, 0.5) is 0 Å². The Balaban J connectivity index is 1.81. The fourth-order valence-electron chi connectivity index (χ4n) is 2.02. The molecule has 0 fully saturated rings. The number of oxazole rings is 1. The van der Waals surface area contributed by atoms with Crippen molar-refractivity contribution in [2.24, 2.45) is 0 Å². The molecule has 2 heterocycles. The van der Waals surface area contributed by atoms with Gasteiger partial charge in [0.1, 0.15) is 11.5 Å². The summed E-state index contributed by atoms with van der Waals surface area (Å²) in [6.07, 6.45) is 4.82. The van der Waals surface area contributed by atoms with Gasteiger partial charge in [0, 0.05) is 0 Å². The first-order chi connectivity index (χ1) is 9.43. The van der Waals surface area contributed by atoms with Crippen molar-refractivity contribution in [3.05, 3.63) is 78.4 Å². The predicted octanol–water partition coefficient (Wildman–Crippen LogP) is 3.15. The number of furan rings is 1. The molecule has 4 heteroatoms. The molecule has 4 nitrogen and oxygen atoms in total. The number of nitrogens with zero attached hydrogens (tertiary/aromatic N) is 1. The van der Waals surface area contributed by atoms with E-state index in [2.05, 4.69) is 22.4 Å². The largest absolute Gasteiger partial charge is 0.467 e. The average molecular weight is 254 g/mol. The minimum atomic E-state index is 0.00120. The smallest absolute Gasteiger partial charge is 0.180 e. The summed E-state index contributed by atoms with van der Waals surface area (Å²) in [4.78, 5) is 3.91. The Morgan fingerprint density at radius 2 is 1.95 bits per heavy atom. The van der Waals surface area contributed by atoms with Crippen molar-refractivity contribution in [1.82, 2.24) is 10.3 Å². The molecule has 0 aliphatic rings. The molecule has 0 spiro atoms. The van der Waals surface area contributed by atoms with Crippen LogP contribution >= 0.6 is 0 Å². The Labute approximate surface area is 111 Å². The van der Waals surface area contributed by atoms with Gasteiger partial charge < -0.3 is 8.83 Å². The second-order valence-corrected chi connectivity index (χ2v) is 4.21. The van der Waals surface area contributed by atoms with Crippen LogP contribution in [0.3, 0.4) is 0 Å². The van der Waals surface area contributed by atoms with Gasteiger partial charge in [-0.3, -0.25) is 5.32 Å². The molecule has 1 aromatic carbocycles. The molecule has 3 rings (SSSR count). The molecule has 0 aliphatic carbocycles. The molecule has 0 saturated carbocycles. The monoisotopic (exact) mass is 254 g/mol. The Hall–Kier alpha value is -2.33. The Kier molecular flexibility index (Phi) is 3.42. The maximum Gasteiger partial charge on any atom is 0.180 e. The van der Waals surface area contributed by atoms with Crippen molar-refractivity contribution in [2.75, 3.05) is 0 Å². The lowest BCUT2D eigenvalue weighted by molar-refractivity contribution is 0.419. The van der Waals surface area contributed by atoms with Crippen molar-refractivity contribution in [3.8, 4) is 0 Å². The van der Waals surface area contributed by atoms with E-state index < -0.39 is 0 Å². The Morgan fingerprint density at radius 1 is 1.05 bits per heavy atom. The normalized spacial score (nSPS) is 12.4. The van der Waals surface area contributed by atoms with Gasteiger partial charge >= 0.3 is 0 Å². The van der Waals surface area contributed by atoms with Crippen LogP contribution in [0.25, 0.3) is 0 Å². The topological polar surface area (TPSA) is 51.2 Å². The first kappa shape index (κ1) is 11.7. The Morgan fingerprint density at radius 3 is 2.63 bits per heavy atom. The highest BCUT2D eigenvalue weighted by Gasteiger charge is 2.16. The summed E-state index contributed by atoms with van der Waals surface area (Å²) in [6.45, 7) is 0.597. The van der Waals surface area contributed by atoms with Gasteiger partial charge in [0.25, 0.3) is 0 Å². The molecule has 0 saturated heterocycles. The zero-order chi connectivity index (χ0) is 12.9. The van der Waals surface area contributed by atoms with E-state index in [0.717, 1.165) is 17.1 Å². The van der Waals surface area contributed by atoms with Crippen molar-refractivity contribution in [2.45, 2.75) is 12.6 Å². The van der Waals surface area contributed by atoms with Gasteiger partial charge in [0.2, 0.25) is 0 Å². The second kappa shape index (κ2) is 5.54. The molecule has 0 radical (unpaired) electrons. The van der Waals surface area contributed by atoms with E-state index in [-0.39, 0.29) is 6.04 Å². The van der Waals surface area contributed by atoms with Crippen molar-refractivity contribution in [1.29, 1.82) is 0 Å². The van der Waals surface area contributed by atoms with E-state index in [1.54, 1.807) is 12.5 Å². The van der Waals surface area contributed by atoms with Gasteiger partial charge in [-0.25, -0.2) is 4.98 Å². The van der Waals surface area contributed by atoms with E-state index in [4.69, 9.17) is 8.83 Å². The van der Waals surface area contributed by atoms with Gasteiger partial charge in [-0.05, 0) is 17.7 Å². The van der Waals surface area contributed by atoms with E-state index in [1.165, 1.54) is 6.39 Å². The quantitative estimate of drug-likeness (QED) is 0.760. The maximum atomic E-state index is 5.51. The lowest BCUT2D eigenvalue weighted by atomic mass is 10.0. The van der Waals surface area contributed by atoms with Crippen LogP contribution in [-0.2, 0) is 6.54 Å². The second-order valence-electron chi connectivity index (χ2n) is 4.21. The summed E-state index contributed by atoms with van der Waals surface area (Å²) in [7, 11) is 0. The van der Waals surface area contributed by atoms with E-state index >= 15 is 0 Å². The van der Waals surface area contributed by atoms with Crippen molar-refractivity contribution >= 4 is 0 Å². The third-order valence-corrected chi connectivity index (χ3v) is 2.92. The third-order valence-electron chi connectivity index (χ3n) is 2.92. The van der Waals surface area contributed by atoms with Crippen LogP contribution in [0, 0.1) is 0 Å². The van der Waals surface area contributed by atoms with E-state index in [0.29, 0.717) is 6.54 Å². The summed E-state index contributed by atoms with van der Waals surface area (Å²) >= 11 is 0. The van der Waals surface area contributed by atoms with Gasteiger partial charge in [0.05, 0.1) is 25.0 Å². The molecule has 3 aromatic rings. The number of aromatic nitrogens is 1. The molecule has 0 bridgehead atoms. The molecule has 19 heavy (non-hydrogen) atoms. The molecular formula is C15H14N2O2. The first-order valence-electron chi connectivity index (χ1n) is 6.12. The molecule has 1 N–H and O–H groups in total. The highest BCUT2D eigenvalue weighted by molar-refractivity contribution is 5.26. The highest BCUT2D eigenvalue weighted by Crippen LogP contribution is 2.22. The minimum absolute atomic E-state index is 0.00120. The number of nitrogens with one attached hydrogen (secondary N) is 1. The summed E-state index contributed by atoms with van der Waals surface area (Å²) in [5.41, 5.74) is 1.15. The van der Waals surface area contributed by atoms with Crippen LogP contribution in [-0.4, -0.2) is 4.98 Å². The van der Waals surface area contributed by atoms with Gasteiger partial charge in [-0.15, -0.1) is 0 Å². The van der Waals surface area contributed by atoms with Crippen molar-refractivity contribution in [3.63, 3.8) is 0 Å². The van der Waals surface area contributed by atoms with E-state index in [1.807, 2.05) is 30.3 Å². The molecule has 96 valence electrons. The molecular weight excluding hydrogens is 240 g/mol. The van der Waals surface area contributed by atoms with Gasteiger partial charge in [0.15, 0.2) is 6.39 Å². The number of hydrogen-bond donors (Lipinski definition) is 1. The van der Waals surface area contributed by atoms with Gasteiger partial charge in [-0.2, -0.15) is 0 Å². The van der Waals surface area contributed by atoms with Crippen LogP contribution in [0.15, 0.2) is 70.2 Å². The standard InChI is InChI=1S/C15H14N2O2/c1-2-5-12(6-3-1)15(14-7-4-8-18-14)17-10-13-9-16-11-19-13/h1-9,11,15,17H,10H2. The fraction of sp³-hybridized carbons (Fsp3) is 0.133. The fourth-order valence-corrected chi connectivity index (χ4v) is 2.02. The number of hydrogen-bond acceptors (Lipinski definition) is 4. The lowest BCUT2D eigenvalue weighted by Gasteiger charge is -2.16. The van der Waals surface area contributed by atoms with Crippen LogP contribution in [0.1, 0.15) is 23.1 Å². The van der Waals surface area contributed by atoms with Crippen LogP contribution in [0.2, 0.25) is 0 Å².